The molecule has 0 radical (unpaired) electrons. The zero-order chi connectivity index (χ0) is 43.4. The van der Waals surface area contributed by atoms with Crippen LogP contribution in [-0.2, 0) is 20.9 Å². The van der Waals surface area contributed by atoms with Gasteiger partial charge in [-0.3, -0.25) is 9.59 Å². The van der Waals surface area contributed by atoms with Gasteiger partial charge < -0.3 is 45.0 Å². The number of H-pyrrole nitrogens is 2. The molecule has 0 spiro atoms. The van der Waals surface area contributed by atoms with Crippen LogP contribution in [0.15, 0.2) is 85.1 Å². The maximum atomic E-state index is 14.1. The highest BCUT2D eigenvalue weighted by molar-refractivity contribution is 6.08. The second kappa shape index (κ2) is 16.2. The number of fused-ring (bicyclic) bond motifs is 6. The van der Waals surface area contributed by atoms with Gasteiger partial charge in [-0.25, -0.2) is 14.6 Å². The number of carbonyl (C=O) groups excluding carboxylic acids is 3. The first kappa shape index (κ1) is 40.6. The molecule has 0 saturated carbocycles. The van der Waals surface area contributed by atoms with Crippen molar-refractivity contribution in [3.05, 3.63) is 108 Å². The van der Waals surface area contributed by atoms with Gasteiger partial charge >= 0.3 is 12.2 Å². The Morgan fingerprint density at radius 2 is 1.56 bits per heavy atom. The van der Waals surface area contributed by atoms with E-state index in [1.807, 2.05) is 55.3 Å². The molecule has 0 unspecified atom stereocenters. The van der Waals surface area contributed by atoms with E-state index in [2.05, 4.69) is 83.0 Å². The molecule has 5 heterocycles. The Kier molecular flexibility index (Phi) is 10.6. The Morgan fingerprint density at radius 3 is 2.29 bits per heavy atom. The second-order valence-corrected chi connectivity index (χ2v) is 17.5. The number of rotatable bonds is 9. The number of hydrogen-bond acceptors (Lipinski definition) is 7. The number of imidazole rings is 1. The number of benzene rings is 4. The zero-order valence-corrected chi connectivity index (χ0v) is 35.4. The maximum absolute atomic E-state index is 14.1. The van der Waals surface area contributed by atoms with Crippen LogP contribution in [0.25, 0.3) is 44.1 Å². The number of amides is 4. The van der Waals surface area contributed by atoms with Crippen LogP contribution in [-0.4, -0.2) is 80.1 Å². The molecule has 3 aliphatic heterocycles. The van der Waals surface area contributed by atoms with E-state index < -0.39 is 24.3 Å². The molecule has 4 aromatic carbocycles. The number of aromatic nitrogens is 3. The minimum absolute atomic E-state index is 0.196. The molecule has 2 fully saturated rings. The number of aromatic amines is 2. The van der Waals surface area contributed by atoms with Crippen LogP contribution in [0.5, 0.6) is 5.75 Å². The minimum atomic E-state index is -1.21. The van der Waals surface area contributed by atoms with Crippen LogP contribution in [0.1, 0.15) is 81.3 Å². The first-order valence-electron chi connectivity index (χ1n) is 21.3. The minimum Gasteiger partial charge on any atom is -0.488 e. The summed E-state index contributed by atoms with van der Waals surface area (Å²) < 4.78 is 11.3. The van der Waals surface area contributed by atoms with Gasteiger partial charge in [0.2, 0.25) is 5.91 Å². The second-order valence-electron chi connectivity index (χ2n) is 17.5. The number of alkyl carbamates (subject to hydrolysis) is 1. The van der Waals surface area contributed by atoms with Gasteiger partial charge in [-0.2, -0.15) is 0 Å². The molecule has 6 atom stereocenters. The largest absolute Gasteiger partial charge is 0.488 e. The summed E-state index contributed by atoms with van der Waals surface area (Å²) in [6, 6.07) is 23.8. The smallest absolute Gasteiger partial charge is 0.407 e. The lowest BCUT2D eigenvalue weighted by atomic mass is 9.92. The highest BCUT2D eigenvalue weighted by atomic mass is 16.5. The van der Waals surface area contributed by atoms with Crippen molar-refractivity contribution < 1.29 is 33.8 Å². The van der Waals surface area contributed by atoms with E-state index in [1.165, 1.54) is 7.11 Å². The van der Waals surface area contributed by atoms with Gasteiger partial charge in [0.15, 0.2) is 0 Å². The van der Waals surface area contributed by atoms with Crippen molar-refractivity contribution in [2.75, 3.05) is 20.2 Å². The van der Waals surface area contributed by atoms with Crippen molar-refractivity contribution in [1.29, 1.82) is 0 Å². The standard InChI is InChI=1S/C48H51N7O7/c1-25(2)41(52-47(58)59)45(56)54-22-26(3)15-38(54)36-19-31-12-11-29-18-35-33-14-13-30(17-32(33)24-62-40(35)20-34(29)42(31)50-36)37-21-49-44(51-37)39-16-27(4)23-55(39)46(57)43(53-48(60)61-5)28-9-7-6-8-10-28/h6-14,17-21,25-27,38-39,41,43,50,52H,15-16,22-24H2,1-5H3,(H,49,51)(H,53,60)(H,58,59)/t26-,27-,38-,39-,41-,43+/m0/s1. The van der Waals surface area contributed by atoms with Crippen molar-refractivity contribution >= 4 is 45.7 Å². The van der Waals surface area contributed by atoms with E-state index in [0.717, 1.165) is 73.9 Å². The molecule has 320 valence electrons. The van der Waals surface area contributed by atoms with E-state index in [4.69, 9.17) is 14.5 Å². The Morgan fingerprint density at radius 1 is 0.839 bits per heavy atom. The summed E-state index contributed by atoms with van der Waals surface area (Å²) in [7, 11) is 1.28. The normalized spacial score (nSPS) is 20.4. The Labute approximate surface area is 359 Å². The van der Waals surface area contributed by atoms with Crippen LogP contribution < -0.4 is 15.4 Å². The first-order valence-corrected chi connectivity index (χ1v) is 21.3. The average molecular weight is 838 g/mol. The van der Waals surface area contributed by atoms with Gasteiger partial charge in [-0.05, 0) is 82.5 Å². The molecule has 0 aliphatic carbocycles. The van der Waals surface area contributed by atoms with Crippen LogP contribution in [0, 0.1) is 17.8 Å². The predicted molar refractivity (Wildman–Crippen MR) is 234 cm³/mol. The molecule has 5 N–H and O–H groups in total. The predicted octanol–water partition coefficient (Wildman–Crippen LogP) is 8.48. The number of nitrogens with one attached hydrogen (secondary N) is 4. The first-order chi connectivity index (χ1) is 29.9. The third-order valence-corrected chi connectivity index (χ3v) is 12.7. The summed E-state index contributed by atoms with van der Waals surface area (Å²) >= 11 is 0. The summed E-state index contributed by atoms with van der Waals surface area (Å²) in [6.07, 6.45) is 1.42. The molecule has 2 saturated heterocycles. The topological polar surface area (TPSA) is 182 Å². The fraction of sp³-hybridized carbons (Fsp3) is 0.354. The van der Waals surface area contributed by atoms with Gasteiger partial charge in [0.05, 0.1) is 36.6 Å². The lowest BCUT2D eigenvalue weighted by Crippen LogP contribution is -2.50. The Hall–Kier alpha value is -6.83. The summed E-state index contributed by atoms with van der Waals surface area (Å²) in [6.45, 7) is 9.40. The maximum Gasteiger partial charge on any atom is 0.407 e. The van der Waals surface area contributed by atoms with Crippen molar-refractivity contribution in [3.63, 3.8) is 0 Å². The average Bonchev–Trinajstić information content (AvgIpc) is 4.09. The summed E-state index contributed by atoms with van der Waals surface area (Å²) in [4.78, 5) is 67.4. The monoisotopic (exact) mass is 837 g/mol. The molecule has 4 amide bonds. The van der Waals surface area contributed by atoms with Crippen LogP contribution in [0.2, 0.25) is 0 Å². The van der Waals surface area contributed by atoms with Gasteiger partial charge in [0, 0.05) is 35.1 Å². The summed E-state index contributed by atoms with van der Waals surface area (Å²) in [5.74, 6) is 1.33. The Bertz CT molecular complexity index is 2710. The SMILES string of the molecule is COC(=O)N[C@@H](C(=O)N1C[C@@H](C)C[C@H]1c1ncc(-c2ccc3c(c2)COc2cc4c(ccc5cc([C@@H]6C[C@H](C)CN6C(=O)[C@@H](NC(=O)O)C(C)C)[nH]c54)cc2-3)[nH]1)c1ccccc1. The molecule has 2 aromatic heterocycles. The highest BCUT2D eigenvalue weighted by Crippen LogP contribution is 2.44. The van der Waals surface area contributed by atoms with Crippen LogP contribution in [0.3, 0.4) is 0 Å². The summed E-state index contributed by atoms with van der Waals surface area (Å²) in [5.41, 5.74) is 7.45. The number of hydrogen-bond donors (Lipinski definition) is 5. The molecule has 0 bridgehead atoms. The van der Waals surface area contributed by atoms with Crippen molar-refractivity contribution in [1.82, 2.24) is 35.4 Å². The fourth-order valence-corrected chi connectivity index (χ4v) is 9.67. The van der Waals surface area contributed by atoms with E-state index in [9.17, 15) is 24.3 Å². The van der Waals surface area contributed by atoms with Gasteiger partial charge in [-0.1, -0.05) is 82.3 Å². The number of carboxylic acid groups (broad SMARTS) is 1. The molecule has 62 heavy (non-hydrogen) atoms. The lowest BCUT2D eigenvalue weighted by Gasteiger charge is -2.30. The van der Waals surface area contributed by atoms with Crippen LogP contribution >= 0.6 is 0 Å². The van der Waals surface area contributed by atoms with Gasteiger partial charge in [0.25, 0.3) is 5.91 Å². The molecular formula is C48H51N7O7. The summed E-state index contributed by atoms with van der Waals surface area (Å²) in [5, 5.41) is 17.7. The molecular weight excluding hydrogens is 787 g/mol. The van der Waals surface area contributed by atoms with Gasteiger partial charge in [-0.15, -0.1) is 0 Å². The molecule has 14 nitrogen and oxygen atoms in total. The zero-order valence-electron chi connectivity index (χ0n) is 35.4. The fourth-order valence-electron chi connectivity index (χ4n) is 9.67. The third-order valence-electron chi connectivity index (χ3n) is 12.7. The van der Waals surface area contributed by atoms with Crippen molar-refractivity contribution in [2.45, 2.75) is 71.3 Å². The lowest BCUT2D eigenvalue weighted by molar-refractivity contribution is -0.136. The number of nitrogens with zero attached hydrogens (tertiary/aromatic N) is 3. The molecule has 14 heteroatoms. The van der Waals surface area contributed by atoms with E-state index >= 15 is 0 Å². The molecule has 6 aromatic rings. The number of ether oxygens (including phenoxy) is 2. The highest BCUT2D eigenvalue weighted by Gasteiger charge is 2.41. The van der Waals surface area contributed by atoms with Crippen LogP contribution in [0.4, 0.5) is 9.59 Å². The third kappa shape index (κ3) is 7.47. The van der Waals surface area contributed by atoms with Gasteiger partial charge in [0.1, 0.15) is 30.3 Å². The number of methoxy groups -OCH3 is 1. The molecule has 9 rings (SSSR count). The quantitative estimate of drug-likeness (QED) is 0.0961. The van der Waals surface area contributed by atoms with Crippen molar-refractivity contribution in [3.8, 4) is 28.1 Å². The van der Waals surface area contributed by atoms with Crippen molar-refractivity contribution in [2.24, 2.45) is 17.8 Å². The Balaban J connectivity index is 0.971. The van der Waals surface area contributed by atoms with E-state index in [1.54, 1.807) is 4.90 Å². The van der Waals surface area contributed by atoms with E-state index in [-0.39, 0.29) is 41.7 Å². The number of likely N-dealkylation sites (tertiary alicyclic amines) is 2. The van der Waals surface area contributed by atoms with E-state index in [0.29, 0.717) is 31.1 Å². The number of carbonyl (C=O) groups is 4. The molecule has 3 aliphatic rings.